The minimum absolute atomic E-state index is 0.0164. The van der Waals surface area contributed by atoms with E-state index in [-0.39, 0.29) is 29.1 Å². The van der Waals surface area contributed by atoms with Crippen LogP contribution in [0.2, 0.25) is 0 Å². The number of nitrogens with one attached hydrogen (secondary N) is 1. The predicted molar refractivity (Wildman–Crippen MR) is 63.9 cm³/mol. The van der Waals surface area contributed by atoms with Crippen molar-refractivity contribution in [3.05, 3.63) is 29.6 Å². The highest BCUT2D eigenvalue weighted by atomic mass is 32.1. The van der Waals surface area contributed by atoms with E-state index in [1.807, 2.05) is 0 Å². The summed E-state index contributed by atoms with van der Waals surface area (Å²) in [5.41, 5.74) is 3.17. The Labute approximate surface area is 106 Å². The molecule has 0 unspecified atom stereocenters. The van der Waals surface area contributed by atoms with E-state index >= 15 is 0 Å². The van der Waals surface area contributed by atoms with Crippen molar-refractivity contribution in [2.45, 2.75) is 24.6 Å². The number of alkyl halides is 3. The third kappa shape index (κ3) is 2.14. The Morgan fingerprint density at radius 1 is 1.33 bits per heavy atom. The largest absolute Gasteiger partial charge is 0.411 e. The van der Waals surface area contributed by atoms with Gasteiger partial charge in [-0.2, -0.15) is 13.2 Å². The van der Waals surface area contributed by atoms with Gasteiger partial charge in [0.1, 0.15) is 16.3 Å². The van der Waals surface area contributed by atoms with Crippen molar-refractivity contribution >= 4 is 22.9 Å². The van der Waals surface area contributed by atoms with Gasteiger partial charge in [-0.3, -0.25) is 0 Å². The highest BCUT2D eigenvalue weighted by Gasteiger charge is 2.63. The minimum Gasteiger partial charge on any atom is -0.389 e. The molecule has 1 fully saturated rings. The number of nitrogens with two attached hydrogens (primary N) is 1. The van der Waals surface area contributed by atoms with Crippen molar-refractivity contribution in [1.82, 2.24) is 0 Å². The minimum atomic E-state index is -4.38. The third-order valence-electron chi connectivity index (χ3n) is 2.93. The molecule has 7 heteroatoms. The van der Waals surface area contributed by atoms with E-state index in [2.05, 4.69) is 17.5 Å². The van der Waals surface area contributed by atoms with E-state index < -0.39 is 17.5 Å². The Balaban J connectivity index is 2.36. The summed E-state index contributed by atoms with van der Waals surface area (Å²) in [5, 5.41) is 2.33. The van der Waals surface area contributed by atoms with Crippen LogP contribution in [0.4, 0.5) is 23.2 Å². The first-order valence-electron chi connectivity index (χ1n) is 5.20. The Morgan fingerprint density at radius 3 is 2.39 bits per heavy atom. The van der Waals surface area contributed by atoms with Gasteiger partial charge in [-0.05, 0) is 25.0 Å². The second kappa shape index (κ2) is 4.08. The fourth-order valence-corrected chi connectivity index (χ4v) is 1.95. The van der Waals surface area contributed by atoms with Crippen molar-refractivity contribution in [3.63, 3.8) is 0 Å². The summed E-state index contributed by atoms with van der Waals surface area (Å²) in [4.78, 5) is -0.270. The van der Waals surface area contributed by atoms with Gasteiger partial charge in [0.25, 0.3) is 0 Å². The van der Waals surface area contributed by atoms with Gasteiger partial charge >= 0.3 is 6.18 Å². The van der Waals surface area contributed by atoms with Gasteiger partial charge in [-0.25, -0.2) is 4.39 Å². The lowest BCUT2D eigenvalue weighted by Crippen LogP contribution is -2.39. The van der Waals surface area contributed by atoms with Gasteiger partial charge in [0, 0.05) is 5.69 Å². The summed E-state index contributed by atoms with van der Waals surface area (Å²) in [7, 11) is 0. The predicted octanol–water partition coefficient (Wildman–Crippen LogP) is 2.97. The van der Waals surface area contributed by atoms with Crippen molar-refractivity contribution in [2.24, 2.45) is 5.73 Å². The molecule has 18 heavy (non-hydrogen) atoms. The smallest absolute Gasteiger partial charge is 0.389 e. The van der Waals surface area contributed by atoms with Crippen LogP contribution >= 0.6 is 12.2 Å². The quantitative estimate of drug-likeness (QED) is 0.659. The maximum Gasteiger partial charge on any atom is 0.411 e. The van der Waals surface area contributed by atoms with Crippen LogP contribution in [0.1, 0.15) is 18.4 Å². The van der Waals surface area contributed by atoms with Gasteiger partial charge in [0.2, 0.25) is 0 Å². The average Bonchev–Trinajstić information content (AvgIpc) is 2.97. The highest BCUT2D eigenvalue weighted by Crippen LogP contribution is 2.51. The van der Waals surface area contributed by atoms with Crippen LogP contribution in [0.15, 0.2) is 18.2 Å². The van der Waals surface area contributed by atoms with Gasteiger partial charge in [0.15, 0.2) is 0 Å². The summed E-state index contributed by atoms with van der Waals surface area (Å²) in [6.07, 6.45) is -4.46. The molecule has 0 radical (unpaired) electrons. The second-order valence-electron chi connectivity index (χ2n) is 4.23. The molecule has 2 rings (SSSR count). The van der Waals surface area contributed by atoms with Crippen LogP contribution in [-0.4, -0.2) is 16.7 Å². The van der Waals surface area contributed by atoms with Gasteiger partial charge in [-0.1, -0.05) is 18.3 Å². The highest BCUT2D eigenvalue weighted by molar-refractivity contribution is 7.80. The van der Waals surface area contributed by atoms with Crippen LogP contribution in [0.25, 0.3) is 0 Å². The van der Waals surface area contributed by atoms with E-state index in [1.54, 1.807) is 0 Å². The summed E-state index contributed by atoms with van der Waals surface area (Å²) < 4.78 is 51.9. The Morgan fingerprint density at radius 2 is 1.94 bits per heavy atom. The lowest BCUT2D eigenvalue weighted by Gasteiger charge is -2.23. The number of benzene rings is 1. The van der Waals surface area contributed by atoms with E-state index in [4.69, 9.17) is 5.73 Å². The zero-order chi connectivity index (χ0) is 13.6. The molecule has 0 spiro atoms. The number of hydrogen-bond donors (Lipinski definition) is 2. The zero-order valence-corrected chi connectivity index (χ0v) is 9.96. The normalized spacial score (nSPS) is 17.3. The van der Waals surface area contributed by atoms with Gasteiger partial charge < -0.3 is 11.1 Å². The maximum atomic E-state index is 13.5. The van der Waals surface area contributed by atoms with Crippen molar-refractivity contribution in [1.29, 1.82) is 0 Å². The van der Waals surface area contributed by atoms with Crippen molar-refractivity contribution < 1.29 is 17.6 Å². The molecule has 2 nitrogen and oxygen atoms in total. The summed E-state index contributed by atoms with van der Waals surface area (Å²) >= 11 is 4.66. The van der Waals surface area contributed by atoms with Gasteiger partial charge in [-0.15, -0.1) is 0 Å². The lowest BCUT2D eigenvalue weighted by molar-refractivity contribution is -0.151. The Kier molecular flexibility index (Phi) is 2.96. The van der Waals surface area contributed by atoms with E-state index in [0.717, 1.165) is 6.07 Å². The molecule has 0 heterocycles. The number of anilines is 1. The first kappa shape index (κ1) is 13.1. The molecule has 1 aliphatic carbocycles. The summed E-state index contributed by atoms with van der Waals surface area (Å²) in [6.45, 7) is 0. The SMILES string of the molecule is NC(=S)c1c(F)cccc1NC1(C(F)(F)F)CC1. The van der Waals surface area contributed by atoms with Crippen LogP contribution in [0.3, 0.4) is 0 Å². The molecule has 1 aliphatic rings. The molecule has 3 N–H and O–H groups in total. The monoisotopic (exact) mass is 278 g/mol. The molecule has 1 saturated carbocycles. The van der Waals surface area contributed by atoms with E-state index in [9.17, 15) is 17.6 Å². The lowest BCUT2D eigenvalue weighted by atomic mass is 10.1. The Bertz CT molecular complexity index is 494. The number of rotatable bonds is 3. The van der Waals surface area contributed by atoms with E-state index in [1.165, 1.54) is 12.1 Å². The van der Waals surface area contributed by atoms with Crippen LogP contribution in [0.5, 0.6) is 0 Å². The third-order valence-corrected chi connectivity index (χ3v) is 3.13. The second-order valence-corrected chi connectivity index (χ2v) is 4.67. The molecule has 98 valence electrons. The molecule has 0 saturated heterocycles. The average molecular weight is 278 g/mol. The molecule has 1 aromatic rings. The topological polar surface area (TPSA) is 38.0 Å². The Hall–Kier alpha value is -1.37. The molecule has 0 aliphatic heterocycles. The molecule has 0 amide bonds. The molecular formula is C11H10F4N2S. The number of thiocarbonyl (C=S) groups is 1. The number of hydrogen-bond acceptors (Lipinski definition) is 2. The standard InChI is InChI=1S/C11H10F4N2S/c12-6-2-1-3-7(8(6)9(16)18)17-10(4-5-10)11(13,14)15/h1-3,17H,4-5H2,(H2,16,18). The number of halogens is 4. The fourth-order valence-electron chi connectivity index (χ4n) is 1.74. The molecule has 1 aromatic carbocycles. The van der Waals surface area contributed by atoms with Crippen LogP contribution < -0.4 is 11.1 Å². The summed E-state index contributed by atoms with van der Waals surface area (Å²) in [6, 6.07) is 3.75. The maximum absolute atomic E-state index is 13.5. The zero-order valence-electron chi connectivity index (χ0n) is 9.14. The first-order chi connectivity index (χ1) is 8.27. The van der Waals surface area contributed by atoms with Crippen molar-refractivity contribution in [2.75, 3.05) is 5.32 Å². The van der Waals surface area contributed by atoms with Crippen molar-refractivity contribution in [3.8, 4) is 0 Å². The van der Waals surface area contributed by atoms with E-state index in [0.29, 0.717) is 0 Å². The fraction of sp³-hybridized carbons (Fsp3) is 0.364. The molecular weight excluding hydrogens is 268 g/mol. The van der Waals surface area contributed by atoms with Crippen LogP contribution in [0, 0.1) is 5.82 Å². The first-order valence-corrected chi connectivity index (χ1v) is 5.61. The summed E-state index contributed by atoms with van der Waals surface area (Å²) in [5.74, 6) is -0.731. The molecule has 0 atom stereocenters. The van der Waals surface area contributed by atoms with Gasteiger partial charge in [0.05, 0.1) is 5.56 Å². The van der Waals surface area contributed by atoms with Crippen LogP contribution in [-0.2, 0) is 0 Å². The molecule has 0 bridgehead atoms. The molecule has 0 aromatic heterocycles.